The fourth-order valence-electron chi connectivity index (χ4n) is 3.47. The van der Waals surface area contributed by atoms with Gasteiger partial charge in [-0.05, 0) is 38.8 Å². The maximum Gasteiger partial charge on any atom is 0.254 e. The highest BCUT2D eigenvalue weighted by Gasteiger charge is 2.34. The molecule has 3 rings (SSSR count). The number of carbonyl (C=O) groups is 2. The first-order valence-corrected chi connectivity index (χ1v) is 11.5. The second-order valence-electron chi connectivity index (χ2n) is 7.85. The first-order chi connectivity index (χ1) is 16.2. The van der Waals surface area contributed by atoms with Crippen LogP contribution in [-0.4, -0.2) is 67.1 Å². The summed E-state index contributed by atoms with van der Waals surface area (Å²) in [6.07, 6.45) is 1.94. The zero-order valence-corrected chi connectivity index (χ0v) is 20.5. The fraction of sp³-hybridized carbons (Fsp3) is 0.480. The van der Waals surface area contributed by atoms with Gasteiger partial charge in [0.15, 0.2) is 6.10 Å². The number of aliphatic hydroxyl groups is 2. The summed E-state index contributed by atoms with van der Waals surface area (Å²) in [6, 6.07) is 8.99. The van der Waals surface area contributed by atoms with Crippen LogP contribution < -0.4 is 5.32 Å². The van der Waals surface area contributed by atoms with Crippen LogP contribution in [0, 0.1) is 0 Å². The van der Waals surface area contributed by atoms with Crippen LogP contribution in [0.25, 0.3) is 0 Å². The quantitative estimate of drug-likeness (QED) is 0.343. The average molecular weight is 475 g/mol. The Hall–Kier alpha value is -3.17. The number of amides is 2. The second kappa shape index (κ2) is 14.9. The Morgan fingerprint density at radius 2 is 1.97 bits per heavy atom. The van der Waals surface area contributed by atoms with E-state index in [9.17, 15) is 19.8 Å². The molecule has 0 saturated carbocycles. The molecule has 4 N–H and O–H groups in total. The standard InChI is InChI=1S/C12H13N3O2.C11H19NO3.C2H6/c16-9-13-7-11-5-6-15(14-11)8-10-3-1-2-4-12(10)17;1-7(2)9-5-4-6-12(9)11(15)10(14)8(3)13;1-2/h1-6,9,17H,7-8H2,(H,13,16);8-10,13-14H,1,4-6H2,2-3H3;1-2H3/t;8?,9-,10?;/m.1./s1. The molecule has 1 fully saturated rings. The van der Waals surface area contributed by atoms with Crippen molar-refractivity contribution in [2.24, 2.45) is 0 Å². The van der Waals surface area contributed by atoms with Crippen LogP contribution in [0.3, 0.4) is 0 Å². The fourth-order valence-corrected chi connectivity index (χ4v) is 3.47. The van der Waals surface area contributed by atoms with Gasteiger partial charge in [0.25, 0.3) is 5.91 Å². The highest BCUT2D eigenvalue weighted by molar-refractivity contribution is 5.82. The highest BCUT2D eigenvalue weighted by atomic mass is 16.3. The van der Waals surface area contributed by atoms with E-state index >= 15 is 0 Å². The molecule has 3 atom stereocenters. The number of nitrogens with zero attached hydrogens (tertiary/aromatic N) is 3. The molecule has 1 saturated heterocycles. The molecule has 2 amide bonds. The number of nitrogens with one attached hydrogen (secondary N) is 1. The predicted molar refractivity (Wildman–Crippen MR) is 131 cm³/mol. The van der Waals surface area contributed by atoms with Gasteiger partial charge in [-0.25, -0.2) is 0 Å². The molecule has 34 heavy (non-hydrogen) atoms. The van der Waals surface area contributed by atoms with E-state index < -0.39 is 18.1 Å². The largest absolute Gasteiger partial charge is 0.508 e. The molecule has 1 aromatic heterocycles. The molecule has 2 aromatic rings. The first kappa shape index (κ1) is 28.9. The summed E-state index contributed by atoms with van der Waals surface area (Å²) in [4.78, 5) is 23.5. The molecule has 9 heteroatoms. The van der Waals surface area contributed by atoms with Gasteiger partial charge >= 0.3 is 0 Å². The molecule has 1 aliphatic heterocycles. The molecule has 0 aliphatic carbocycles. The third kappa shape index (κ3) is 8.64. The molecule has 0 bridgehead atoms. The Labute approximate surface area is 201 Å². The number of carbonyl (C=O) groups excluding carboxylic acids is 2. The molecule has 2 heterocycles. The van der Waals surface area contributed by atoms with Crippen molar-refractivity contribution in [1.29, 1.82) is 0 Å². The summed E-state index contributed by atoms with van der Waals surface area (Å²) in [6.45, 7) is 12.7. The minimum absolute atomic E-state index is 0.0194. The molecule has 9 nitrogen and oxygen atoms in total. The lowest BCUT2D eigenvalue weighted by molar-refractivity contribution is -0.145. The molecule has 2 unspecified atom stereocenters. The summed E-state index contributed by atoms with van der Waals surface area (Å²) in [7, 11) is 0. The van der Waals surface area contributed by atoms with Crippen molar-refractivity contribution < 1.29 is 24.9 Å². The van der Waals surface area contributed by atoms with Crippen LogP contribution >= 0.6 is 0 Å². The van der Waals surface area contributed by atoms with E-state index in [1.165, 1.54) is 6.92 Å². The van der Waals surface area contributed by atoms with E-state index in [-0.39, 0.29) is 11.8 Å². The third-order valence-corrected chi connectivity index (χ3v) is 5.20. The summed E-state index contributed by atoms with van der Waals surface area (Å²) in [5, 5.41) is 35.1. The van der Waals surface area contributed by atoms with Gasteiger partial charge in [0, 0.05) is 18.3 Å². The van der Waals surface area contributed by atoms with Crippen molar-refractivity contribution in [2.45, 2.75) is 71.9 Å². The van der Waals surface area contributed by atoms with Gasteiger partial charge in [0.2, 0.25) is 6.41 Å². The van der Waals surface area contributed by atoms with Gasteiger partial charge in [-0.1, -0.05) is 44.2 Å². The van der Waals surface area contributed by atoms with Crippen molar-refractivity contribution in [3.63, 3.8) is 0 Å². The van der Waals surface area contributed by atoms with Crippen molar-refractivity contribution in [1.82, 2.24) is 20.0 Å². The predicted octanol–water partition coefficient (Wildman–Crippen LogP) is 2.20. The van der Waals surface area contributed by atoms with Crippen LogP contribution in [0.2, 0.25) is 0 Å². The number of phenols is 1. The lowest BCUT2D eigenvalue weighted by Crippen LogP contribution is -2.46. The number of benzene rings is 1. The van der Waals surface area contributed by atoms with Crippen molar-refractivity contribution in [2.75, 3.05) is 6.54 Å². The van der Waals surface area contributed by atoms with Crippen molar-refractivity contribution in [3.8, 4) is 5.75 Å². The number of aromatic hydroxyl groups is 1. The van der Waals surface area contributed by atoms with Crippen molar-refractivity contribution in [3.05, 3.63) is 59.9 Å². The molecule has 0 radical (unpaired) electrons. The van der Waals surface area contributed by atoms with Gasteiger partial charge in [0.1, 0.15) is 5.75 Å². The molecular weight excluding hydrogens is 436 g/mol. The lowest BCUT2D eigenvalue weighted by atomic mass is 10.1. The number of aromatic nitrogens is 2. The number of rotatable bonds is 8. The van der Waals surface area contributed by atoms with E-state index in [1.54, 1.807) is 21.7 Å². The average Bonchev–Trinajstić information content (AvgIpc) is 3.50. The maximum atomic E-state index is 11.8. The van der Waals surface area contributed by atoms with Crippen LogP contribution in [0.15, 0.2) is 48.7 Å². The van der Waals surface area contributed by atoms with Gasteiger partial charge in [0.05, 0.1) is 30.9 Å². The number of aliphatic hydroxyl groups excluding tert-OH is 2. The number of phenolic OH excluding ortho intramolecular Hbond substituents is 1. The lowest BCUT2D eigenvalue weighted by Gasteiger charge is -2.28. The van der Waals surface area contributed by atoms with Gasteiger partial charge in [-0.3, -0.25) is 14.3 Å². The van der Waals surface area contributed by atoms with Crippen LogP contribution in [0.1, 0.15) is 51.8 Å². The van der Waals surface area contributed by atoms with Gasteiger partial charge in [-0.15, -0.1) is 0 Å². The molecule has 0 spiro atoms. The summed E-state index contributed by atoms with van der Waals surface area (Å²) in [5.41, 5.74) is 2.52. The number of hydrogen-bond donors (Lipinski definition) is 4. The smallest absolute Gasteiger partial charge is 0.254 e. The topological polar surface area (TPSA) is 128 Å². The Kier molecular flexibility index (Phi) is 12.6. The van der Waals surface area contributed by atoms with Gasteiger partial charge in [-0.2, -0.15) is 5.10 Å². The minimum atomic E-state index is -1.31. The normalized spacial score (nSPS) is 16.3. The zero-order valence-electron chi connectivity index (χ0n) is 20.5. The minimum Gasteiger partial charge on any atom is -0.508 e. The maximum absolute atomic E-state index is 11.8. The summed E-state index contributed by atoms with van der Waals surface area (Å²) < 4.78 is 1.72. The molecule has 188 valence electrons. The Morgan fingerprint density at radius 3 is 2.56 bits per heavy atom. The van der Waals surface area contributed by atoms with Crippen LogP contribution in [-0.2, 0) is 22.7 Å². The van der Waals surface area contributed by atoms with E-state index in [2.05, 4.69) is 17.0 Å². The second-order valence-corrected chi connectivity index (χ2v) is 7.85. The molecular formula is C25H38N4O5. The zero-order chi connectivity index (χ0) is 25.7. The number of likely N-dealkylation sites (tertiary alicyclic amines) is 1. The summed E-state index contributed by atoms with van der Waals surface area (Å²) in [5.74, 6) is -0.133. The van der Waals surface area contributed by atoms with Crippen molar-refractivity contribution >= 4 is 12.3 Å². The molecule has 1 aliphatic rings. The van der Waals surface area contributed by atoms with E-state index in [0.29, 0.717) is 26.0 Å². The Morgan fingerprint density at radius 1 is 1.29 bits per heavy atom. The molecule has 1 aromatic carbocycles. The monoisotopic (exact) mass is 474 g/mol. The van der Waals surface area contributed by atoms with Crippen LogP contribution in [0.5, 0.6) is 5.75 Å². The number of para-hydroxylation sites is 1. The van der Waals surface area contributed by atoms with E-state index in [0.717, 1.165) is 29.7 Å². The number of hydrogen-bond acceptors (Lipinski definition) is 6. The van der Waals surface area contributed by atoms with E-state index in [1.807, 2.05) is 45.2 Å². The Balaban J connectivity index is 0.000000320. The van der Waals surface area contributed by atoms with Gasteiger partial charge < -0.3 is 25.5 Å². The highest BCUT2D eigenvalue weighted by Crippen LogP contribution is 2.23. The van der Waals surface area contributed by atoms with E-state index in [4.69, 9.17) is 5.11 Å². The first-order valence-electron chi connectivity index (χ1n) is 11.5. The third-order valence-electron chi connectivity index (χ3n) is 5.20. The Bertz CT molecular complexity index is 912. The summed E-state index contributed by atoms with van der Waals surface area (Å²) >= 11 is 0. The SMILES string of the molecule is C=C(C)[C@H]1CCCN1C(=O)C(O)C(C)O.CC.O=CNCc1ccn(Cc2ccccc2O)n1. The van der Waals surface area contributed by atoms with Crippen LogP contribution in [0.4, 0.5) is 0 Å².